The fourth-order valence-corrected chi connectivity index (χ4v) is 3.68. The number of aryl methyl sites for hydroxylation is 1. The van der Waals surface area contributed by atoms with Crippen LogP contribution in [0, 0.1) is 0 Å². The Balaban J connectivity index is 1.68. The van der Waals surface area contributed by atoms with Gasteiger partial charge in [-0.3, -0.25) is 10.1 Å². The highest BCUT2D eigenvalue weighted by atomic mass is 32.2. The van der Waals surface area contributed by atoms with Crippen LogP contribution < -0.4 is 5.32 Å². The number of sulfone groups is 1. The summed E-state index contributed by atoms with van der Waals surface area (Å²) < 4.78 is 26.2. The molecule has 3 rings (SSSR count). The fourth-order valence-electron chi connectivity index (χ4n) is 2.42. The molecule has 2 aromatic carbocycles. The first-order valence-electron chi connectivity index (χ1n) is 7.46. The lowest BCUT2D eigenvalue weighted by Crippen LogP contribution is -2.19. The molecule has 24 heavy (non-hydrogen) atoms. The molecular weight excluding hydrogens is 326 g/mol. The van der Waals surface area contributed by atoms with Crippen LogP contribution in [0.5, 0.6) is 0 Å². The minimum Gasteiger partial charge on any atom is -0.313 e. The van der Waals surface area contributed by atoms with Gasteiger partial charge in [0, 0.05) is 13.5 Å². The van der Waals surface area contributed by atoms with Crippen LogP contribution in [0.1, 0.15) is 6.42 Å². The first kappa shape index (κ1) is 16.2. The zero-order valence-corrected chi connectivity index (χ0v) is 14.0. The van der Waals surface area contributed by atoms with Crippen molar-refractivity contribution in [2.75, 3.05) is 11.1 Å². The Morgan fingerprint density at radius 3 is 2.46 bits per heavy atom. The summed E-state index contributed by atoms with van der Waals surface area (Å²) in [4.78, 5) is 16.6. The summed E-state index contributed by atoms with van der Waals surface area (Å²) in [6, 6.07) is 15.6. The van der Waals surface area contributed by atoms with Crippen molar-refractivity contribution < 1.29 is 13.2 Å². The quantitative estimate of drug-likeness (QED) is 0.771. The van der Waals surface area contributed by atoms with E-state index in [0.29, 0.717) is 5.95 Å². The second-order valence-corrected chi connectivity index (χ2v) is 7.52. The molecule has 0 aliphatic heterocycles. The third kappa shape index (κ3) is 3.30. The zero-order chi connectivity index (χ0) is 17.2. The van der Waals surface area contributed by atoms with E-state index in [1.807, 2.05) is 24.3 Å². The SMILES string of the molecule is Cn1c(NC(=O)CCS(=O)(=O)c2ccccc2)nc2ccccc21. The van der Waals surface area contributed by atoms with Crippen LogP contribution in [0.2, 0.25) is 0 Å². The maximum atomic E-state index is 12.2. The highest BCUT2D eigenvalue weighted by molar-refractivity contribution is 7.91. The van der Waals surface area contributed by atoms with Crippen LogP contribution in [0.15, 0.2) is 59.5 Å². The number of aromatic nitrogens is 2. The van der Waals surface area contributed by atoms with Gasteiger partial charge in [0.2, 0.25) is 11.9 Å². The van der Waals surface area contributed by atoms with Crippen molar-refractivity contribution >= 4 is 32.7 Å². The predicted molar refractivity (Wildman–Crippen MR) is 92.5 cm³/mol. The predicted octanol–water partition coefficient (Wildman–Crippen LogP) is 2.38. The van der Waals surface area contributed by atoms with Gasteiger partial charge in [-0.1, -0.05) is 30.3 Å². The summed E-state index contributed by atoms with van der Waals surface area (Å²) in [6.07, 6.45) is -0.125. The Labute approximate surface area is 140 Å². The minimum absolute atomic E-state index is 0.125. The van der Waals surface area contributed by atoms with Gasteiger partial charge >= 0.3 is 0 Å². The molecule has 1 N–H and O–H groups in total. The average molecular weight is 343 g/mol. The Morgan fingerprint density at radius 2 is 1.75 bits per heavy atom. The van der Waals surface area contributed by atoms with Crippen LogP contribution in [0.25, 0.3) is 11.0 Å². The lowest BCUT2D eigenvalue weighted by atomic mass is 10.3. The van der Waals surface area contributed by atoms with Crippen molar-refractivity contribution in [2.45, 2.75) is 11.3 Å². The summed E-state index contributed by atoms with van der Waals surface area (Å²) in [5.41, 5.74) is 1.66. The number of carbonyl (C=O) groups excluding carboxylic acids is 1. The Morgan fingerprint density at radius 1 is 1.08 bits per heavy atom. The van der Waals surface area contributed by atoms with Crippen LogP contribution >= 0.6 is 0 Å². The molecule has 1 heterocycles. The number of hydrogen-bond donors (Lipinski definition) is 1. The first-order chi connectivity index (χ1) is 11.5. The number of anilines is 1. The summed E-state index contributed by atoms with van der Waals surface area (Å²) in [5, 5.41) is 2.67. The normalized spacial score (nSPS) is 11.5. The van der Waals surface area contributed by atoms with Gasteiger partial charge in [-0.2, -0.15) is 0 Å². The van der Waals surface area contributed by atoms with Crippen LogP contribution in [-0.4, -0.2) is 29.6 Å². The fraction of sp³-hybridized carbons (Fsp3) is 0.176. The molecule has 0 aliphatic carbocycles. The summed E-state index contributed by atoms with van der Waals surface area (Å²) in [6.45, 7) is 0. The number of imidazole rings is 1. The zero-order valence-electron chi connectivity index (χ0n) is 13.1. The van der Waals surface area contributed by atoms with E-state index in [0.717, 1.165) is 11.0 Å². The molecule has 0 atom stereocenters. The van der Waals surface area contributed by atoms with E-state index in [1.54, 1.807) is 29.8 Å². The van der Waals surface area contributed by atoms with E-state index in [1.165, 1.54) is 12.1 Å². The summed E-state index contributed by atoms with van der Waals surface area (Å²) in [7, 11) is -1.67. The van der Waals surface area contributed by atoms with Crippen molar-refractivity contribution in [3.05, 3.63) is 54.6 Å². The van der Waals surface area contributed by atoms with Crippen molar-refractivity contribution in [1.82, 2.24) is 9.55 Å². The number of rotatable bonds is 5. The number of carbonyl (C=O) groups is 1. The van der Waals surface area contributed by atoms with Crippen molar-refractivity contribution in [1.29, 1.82) is 0 Å². The van der Waals surface area contributed by atoms with Gasteiger partial charge < -0.3 is 4.57 Å². The highest BCUT2D eigenvalue weighted by Crippen LogP contribution is 2.18. The lowest BCUT2D eigenvalue weighted by molar-refractivity contribution is -0.115. The molecule has 0 bridgehead atoms. The molecule has 0 fully saturated rings. The van der Waals surface area contributed by atoms with Crippen molar-refractivity contribution in [3.8, 4) is 0 Å². The van der Waals surface area contributed by atoms with Gasteiger partial charge in [-0.25, -0.2) is 13.4 Å². The highest BCUT2D eigenvalue weighted by Gasteiger charge is 2.17. The van der Waals surface area contributed by atoms with Crippen LogP contribution in [0.3, 0.4) is 0 Å². The molecule has 3 aromatic rings. The van der Waals surface area contributed by atoms with Crippen LogP contribution in [-0.2, 0) is 21.7 Å². The van der Waals surface area contributed by atoms with Crippen LogP contribution in [0.4, 0.5) is 5.95 Å². The Bertz CT molecular complexity index is 979. The largest absolute Gasteiger partial charge is 0.313 e. The molecule has 124 valence electrons. The molecule has 1 aromatic heterocycles. The average Bonchev–Trinajstić information content (AvgIpc) is 2.90. The third-order valence-electron chi connectivity index (χ3n) is 3.74. The number of amides is 1. The number of nitrogens with zero attached hydrogens (tertiary/aromatic N) is 2. The molecule has 1 amide bonds. The molecule has 0 aliphatic rings. The second-order valence-electron chi connectivity index (χ2n) is 5.41. The van der Waals surface area contributed by atoms with Gasteiger partial charge in [-0.05, 0) is 24.3 Å². The second kappa shape index (κ2) is 6.45. The minimum atomic E-state index is -3.47. The first-order valence-corrected chi connectivity index (χ1v) is 9.12. The standard InChI is InChI=1S/C17H17N3O3S/c1-20-15-10-6-5-9-14(15)18-17(20)19-16(21)11-12-24(22,23)13-7-3-2-4-8-13/h2-10H,11-12H2,1H3,(H,18,19,21). The maximum Gasteiger partial charge on any atom is 0.227 e. The molecular formula is C17H17N3O3S. The monoisotopic (exact) mass is 343 g/mol. The Hall–Kier alpha value is -2.67. The molecule has 0 radical (unpaired) electrons. The van der Waals surface area contributed by atoms with Gasteiger partial charge in [0.25, 0.3) is 0 Å². The lowest BCUT2D eigenvalue weighted by Gasteiger charge is -2.06. The smallest absolute Gasteiger partial charge is 0.227 e. The number of fused-ring (bicyclic) bond motifs is 1. The number of hydrogen-bond acceptors (Lipinski definition) is 4. The van der Waals surface area contributed by atoms with Crippen molar-refractivity contribution in [3.63, 3.8) is 0 Å². The van der Waals surface area contributed by atoms with Gasteiger partial charge in [0.15, 0.2) is 9.84 Å². The number of nitrogens with one attached hydrogen (secondary N) is 1. The summed E-state index contributed by atoms with van der Waals surface area (Å²) >= 11 is 0. The molecule has 6 nitrogen and oxygen atoms in total. The van der Waals surface area contributed by atoms with E-state index in [2.05, 4.69) is 10.3 Å². The number of benzene rings is 2. The Kier molecular flexibility index (Phi) is 4.35. The third-order valence-corrected chi connectivity index (χ3v) is 5.47. The molecule has 0 saturated carbocycles. The van der Waals surface area contributed by atoms with E-state index < -0.39 is 9.84 Å². The molecule has 7 heteroatoms. The van der Waals surface area contributed by atoms with Gasteiger partial charge in [0.1, 0.15) is 0 Å². The number of para-hydroxylation sites is 2. The molecule has 0 spiro atoms. The van der Waals surface area contributed by atoms with Gasteiger partial charge in [0.05, 0.1) is 21.7 Å². The maximum absolute atomic E-state index is 12.2. The topological polar surface area (TPSA) is 81.1 Å². The van der Waals surface area contributed by atoms with E-state index in [9.17, 15) is 13.2 Å². The molecule has 0 unspecified atom stereocenters. The van der Waals surface area contributed by atoms with E-state index >= 15 is 0 Å². The van der Waals surface area contributed by atoms with E-state index in [4.69, 9.17) is 0 Å². The molecule has 0 saturated heterocycles. The van der Waals surface area contributed by atoms with Gasteiger partial charge in [-0.15, -0.1) is 0 Å². The summed E-state index contributed by atoms with van der Waals surface area (Å²) in [5.74, 6) is -0.224. The van der Waals surface area contributed by atoms with E-state index in [-0.39, 0.29) is 23.0 Å². The van der Waals surface area contributed by atoms with Crippen molar-refractivity contribution in [2.24, 2.45) is 7.05 Å².